The highest BCUT2D eigenvalue weighted by atomic mass is 35.5. The minimum Gasteiger partial charge on any atom is -0.352 e. The Hall–Kier alpha value is -1.35. The highest BCUT2D eigenvalue weighted by Gasteiger charge is 2.14. The Morgan fingerprint density at radius 3 is 2.52 bits per heavy atom. The minimum absolute atomic E-state index is 0.190. The van der Waals surface area contributed by atoms with E-state index in [1.54, 1.807) is 6.07 Å². The SMILES string of the molecule is CN1CCN(CCCNC(=O)c2ccc(NS(C)(=O)=O)c(Cl)c2)CC1. The van der Waals surface area contributed by atoms with Crippen LogP contribution >= 0.6 is 11.6 Å². The summed E-state index contributed by atoms with van der Waals surface area (Å²) in [5, 5.41) is 3.06. The molecule has 140 valence electrons. The maximum absolute atomic E-state index is 12.2. The molecule has 9 heteroatoms. The van der Waals surface area contributed by atoms with Crippen LogP contribution in [0.4, 0.5) is 5.69 Å². The van der Waals surface area contributed by atoms with E-state index >= 15 is 0 Å². The molecule has 0 saturated carbocycles. The van der Waals surface area contributed by atoms with Crippen molar-refractivity contribution in [1.29, 1.82) is 0 Å². The second kappa shape index (κ2) is 8.84. The van der Waals surface area contributed by atoms with Gasteiger partial charge >= 0.3 is 0 Å². The van der Waals surface area contributed by atoms with E-state index in [0.29, 0.717) is 12.1 Å². The van der Waals surface area contributed by atoms with E-state index in [9.17, 15) is 13.2 Å². The Bertz CT molecular complexity index is 703. The topological polar surface area (TPSA) is 81.8 Å². The van der Waals surface area contributed by atoms with Crippen molar-refractivity contribution in [1.82, 2.24) is 15.1 Å². The summed E-state index contributed by atoms with van der Waals surface area (Å²) in [7, 11) is -1.28. The standard InChI is InChI=1S/C16H25ClN4O3S/c1-20-8-10-21(11-9-20)7-3-6-18-16(22)13-4-5-15(14(17)12-13)19-25(2,23)24/h4-5,12,19H,3,6-11H2,1-2H3,(H,18,22). The first-order valence-corrected chi connectivity index (χ1v) is 10.5. The number of sulfonamides is 1. The Kier molecular flexibility index (Phi) is 7.06. The summed E-state index contributed by atoms with van der Waals surface area (Å²) < 4.78 is 24.8. The number of rotatable bonds is 7. The van der Waals surface area contributed by atoms with Gasteiger partial charge in [-0.1, -0.05) is 11.6 Å². The Balaban J connectivity index is 1.78. The molecule has 2 N–H and O–H groups in total. The molecule has 1 aromatic rings. The Morgan fingerprint density at radius 2 is 1.92 bits per heavy atom. The fraction of sp³-hybridized carbons (Fsp3) is 0.562. The van der Waals surface area contributed by atoms with Crippen LogP contribution in [0.1, 0.15) is 16.8 Å². The van der Waals surface area contributed by atoms with Gasteiger partial charge in [-0.15, -0.1) is 0 Å². The van der Waals surface area contributed by atoms with Crippen LogP contribution in [0.2, 0.25) is 5.02 Å². The molecule has 0 spiro atoms. The molecule has 1 saturated heterocycles. The van der Waals surface area contributed by atoms with Gasteiger partial charge < -0.3 is 15.1 Å². The van der Waals surface area contributed by atoms with Gasteiger partial charge in [0.1, 0.15) is 0 Å². The molecular weight excluding hydrogens is 364 g/mol. The molecule has 0 radical (unpaired) electrons. The van der Waals surface area contributed by atoms with Gasteiger partial charge in [0, 0.05) is 38.3 Å². The van der Waals surface area contributed by atoms with Crippen LogP contribution in [-0.4, -0.2) is 76.7 Å². The summed E-state index contributed by atoms with van der Waals surface area (Å²) in [5.41, 5.74) is 0.666. The monoisotopic (exact) mass is 388 g/mol. The molecule has 0 unspecified atom stereocenters. The minimum atomic E-state index is -3.41. The molecule has 1 aromatic carbocycles. The van der Waals surface area contributed by atoms with E-state index in [4.69, 9.17) is 11.6 Å². The number of benzene rings is 1. The van der Waals surface area contributed by atoms with E-state index in [-0.39, 0.29) is 16.6 Å². The molecule has 0 atom stereocenters. The van der Waals surface area contributed by atoms with E-state index in [2.05, 4.69) is 26.9 Å². The van der Waals surface area contributed by atoms with Crippen molar-refractivity contribution in [3.05, 3.63) is 28.8 Å². The number of nitrogens with one attached hydrogen (secondary N) is 2. The van der Waals surface area contributed by atoms with Crippen LogP contribution in [0.15, 0.2) is 18.2 Å². The number of hydrogen-bond donors (Lipinski definition) is 2. The molecule has 1 aliphatic rings. The number of amides is 1. The lowest BCUT2D eigenvalue weighted by Crippen LogP contribution is -2.45. The number of anilines is 1. The number of likely N-dealkylation sites (N-methyl/N-ethyl adjacent to an activating group) is 1. The summed E-state index contributed by atoms with van der Waals surface area (Å²) in [6.45, 7) is 5.85. The molecule has 1 heterocycles. The van der Waals surface area contributed by atoms with E-state index < -0.39 is 10.0 Å². The zero-order valence-electron chi connectivity index (χ0n) is 14.6. The first-order valence-electron chi connectivity index (χ1n) is 8.21. The summed E-state index contributed by atoms with van der Waals surface area (Å²) in [5.74, 6) is -0.216. The van der Waals surface area contributed by atoms with Crippen molar-refractivity contribution >= 4 is 33.2 Å². The van der Waals surface area contributed by atoms with Gasteiger partial charge in [0.2, 0.25) is 10.0 Å². The lowest BCUT2D eigenvalue weighted by molar-refractivity contribution is 0.0949. The van der Waals surface area contributed by atoms with Crippen LogP contribution in [0, 0.1) is 0 Å². The van der Waals surface area contributed by atoms with Gasteiger partial charge in [-0.3, -0.25) is 9.52 Å². The lowest BCUT2D eigenvalue weighted by Gasteiger charge is -2.32. The van der Waals surface area contributed by atoms with E-state index in [1.807, 2.05) is 0 Å². The van der Waals surface area contributed by atoms with Gasteiger partial charge in [0.05, 0.1) is 17.0 Å². The Labute approximate surface area is 154 Å². The van der Waals surface area contributed by atoms with Gasteiger partial charge in [0.25, 0.3) is 5.91 Å². The molecule has 1 amide bonds. The van der Waals surface area contributed by atoms with Gasteiger partial charge in [-0.05, 0) is 38.2 Å². The third kappa shape index (κ3) is 6.81. The van der Waals surface area contributed by atoms with Crippen molar-refractivity contribution in [3.63, 3.8) is 0 Å². The first-order chi connectivity index (χ1) is 11.7. The van der Waals surface area contributed by atoms with Crippen LogP contribution in [0.5, 0.6) is 0 Å². The van der Waals surface area contributed by atoms with Crippen molar-refractivity contribution in [2.75, 3.05) is 57.3 Å². The largest absolute Gasteiger partial charge is 0.352 e. The van der Waals surface area contributed by atoms with Crippen LogP contribution in [0.25, 0.3) is 0 Å². The molecule has 2 rings (SSSR count). The van der Waals surface area contributed by atoms with Crippen molar-refractivity contribution in [2.45, 2.75) is 6.42 Å². The second-order valence-corrected chi connectivity index (χ2v) is 8.48. The number of halogens is 1. The summed E-state index contributed by atoms with van der Waals surface area (Å²) >= 11 is 6.04. The number of hydrogen-bond acceptors (Lipinski definition) is 5. The average molecular weight is 389 g/mol. The Morgan fingerprint density at radius 1 is 1.24 bits per heavy atom. The summed E-state index contributed by atoms with van der Waals surface area (Å²) in [6.07, 6.45) is 1.93. The third-order valence-corrected chi connectivity index (χ3v) is 4.96. The number of piperazine rings is 1. The van der Waals surface area contributed by atoms with Crippen molar-refractivity contribution < 1.29 is 13.2 Å². The van der Waals surface area contributed by atoms with Gasteiger partial charge in [-0.2, -0.15) is 0 Å². The maximum atomic E-state index is 12.2. The fourth-order valence-electron chi connectivity index (χ4n) is 2.62. The quantitative estimate of drug-likeness (QED) is 0.683. The highest BCUT2D eigenvalue weighted by molar-refractivity contribution is 7.92. The predicted molar refractivity (Wildman–Crippen MR) is 101 cm³/mol. The molecule has 0 aromatic heterocycles. The molecule has 1 aliphatic heterocycles. The first kappa shape index (κ1) is 20.0. The van der Waals surface area contributed by atoms with Crippen molar-refractivity contribution in [3.8, 4) is 0 Å². The molecule has 0 aliphatic carbocycles. The normalized spacial score (nSPS) is 16.6. The van der Waals surface area contributed by atoms with E-state index in [0.717, 1.165) is 45.4 Å². The molecule has 7 nitrogen and oxygen atoms in total. The predicted octanol–water partition coefficient (Wildman–Crippen LogP) is 1.08. The maximum Gasteiger partial charge on any atom is 0.251 e. The second-order valence-electron chi connectivity index (χ2n) is 6.32. The summed E-state index contributed by atoms with van der Waals surface area (Å²) in [4.78, 5) is 16.9. The van der Waals surface area contributed by atoms with Gasteiger partial charge in [-0.25, -0.2) is 8.42 Å². The average Bonchev–Trinajstić information content (AvgIpc) is 2.53. The van der Waals surface area contributed by atoms with Gasteiger partial charge in [0.15, 0.2) is 0 Å². The fourth-order valence-corrected chi connectivity index (χ4v) is 3.48. The highest BCUT2D eigenvalue weighted by Crippen LogP contribution is 2.23. The smallest absolute Gasteiger partial charge is 0.251 e. The molecule has 25 heavy (non-hydrogen) atoms. The van der Waals surface area contributed by atoms with Crippen LogP contribution < -0.4 is 10.0 Å². The third-order valence-electron chi connectivity index (χ3n) is 4.06. The van der Waals surface area contributed by atoms with Crippen molar-refractivity contribution in [2.24, 2.45) is 0 Å². The molecule has 1 fully saturated rings. The van der Waals surface area contributed by atoms with Crippen LogP contribution in [-0.2, 0) is 10.0 Å². The summed E-state index contributed by atoms with van der Waals surface area (Å²) in [6, 6.07) is 4.50. The number of carbonyl (C=O) groups excluding carboxylic acids is 1. The zero-order chi connectivity index (χ0) is 18.4. The number of nitrogens with zero attached hydrogens (tertiary/aromatic N) is 2. The molecular formula is C16H25ClN4O3S. The molecule has 0 bridgehead atoms. The zero-order valence-corrected chi connectivity index (χ0v) is 16.2. The van der Waals surface area contributed by atoms with Crippen LogP contribution in [0.3, 0.4) is 0 Å². The number of carbonyl (C=O) groups is 1. The lowest BCUT2D eigenvalue weighted by atomic mass is 10.2. The van der Waals surface area contributed by atoms with E-state index in [1.165, 1.54) is 12.1 Å².